The molecular weight excluding hydrogens is 235 g/mol. The maximum absolute atomic E-state index is 13.5. The fraction of sp³-hybridized carbons (Fsp3) is 0.308. The average molecular weight is 250 g/mol. The molecule has 96 valence electrons. The first-order valence-corrected chi connectivity index (χ1v) is 5.70. The zero-order valence-electron chi connectivity index (χ0n) is 10.1. The van der Waals surface area contributed by atoms with Gasteiger partial charge in [-0.15, -0.1) is 0 Å². The predicted molar refractivity (Wildman–Crippen MR) is 65.5 cm³/mol. The van der Waals surface area contributed by atoms with Crippen LogP contribution in [0.25, 0.3) is 11.5 Å². The Kier molecular flexibility index (Phi) is 4.44. The van der Waals surface area contributed by atoms with Crippen LogP contribution in [-0.2, 0) is 11.3 Å². The molecule has 0 saturated heterocycles. The lowest BCUT2D eigenvalue weighted by atomic mass is 10.2. The number of nitrogens with zero attached hydrogens (tertiary/aromatic N) is 1. The van der Waals surface area contributed by atoms with Crippen LogP contribution < -0.4 is 5.32 Å². The quantitative estimate of drug-likeness (QED) is 0.798. The first kappa shape index (κ1) is 12.7. The second-order valence-corrected chi connectivity index (χ2v) is 3.79. The number of ether oxygens (including phenoxy) is 1. The van der Waals surface area contributed by atoms with E-state index in [0.717, 1.165) is 12.2 Å². The molecule has 1 aromatic carbocycles. The molecule has 0 saturated carbocycles. The summed E-state index contributed by atoms with van der Waals surface area (Å²) in [5.41, 5.74) is 1.12. The molecule has 0 amide bonds. The molecule has 0 aliphatic carbocycles. The van der Waals surface area contributed by atoms with Crippen molar-refractivity contribution in [2.24, 2.45) is 0 Å². The highest BCUT2D eigenvalue weighted by atomic mass is 19.1. The third-order valence-electron chi connectivity index (χ3n) is 2.45. The Bertz CT molecular complexity index is 499. The second kappa shape index (κ2) is 6.28. The fourth-order valence-electron chi connectivity index (χ4n) is 1.54. The molecule has 2 rings (SSSR count). The Balaban J connectivity index is 2.00. The maximum Gasteiger partial charge on any atom is 0.229 e. The van der Waals surface area contributed by atoms with E-state index >= 15 is 0 Å². The first-order chi connectivity index (χ1) is 8.81. The van der Waals surface area contributed by atoms with E-state index in [4.69, 9.17) is 9.15 Å². The highest BCUT2D eigenvalue weighted by Gasteiger charge is 2.10. The third kappa shape index (κ3) is 3.15. The summed E-state index contributed by atoms with van der Waals surface area (Å²) in [5, 5.41) is 3.14. The van der Waals surface area contributed by atoms with E-state index in [2.05, 4.69) is 10.3 Å². The average Bonchev–Trinajstić information content (AvgIpc) is 2.84. The zero-order chi connectivity index (χ0) is 12.8. The van der Waals surface area contributed by atoms with Gasteiger partial charge in [-0.05, 0) is 12.1 Å². The summed E-state index contributed by atoms with van der Waals surface area (Å²) >= 11 is 0. The first-order valence-electron chi connectivity index (χ1n) is 5.70. The van der Waals surface area contributed by atoms with Gasteiger partial charge in [-0.3, -0.25) is 0 Å². The van der Waals surface area contributed by atoms with Gasteiger partial charge in [-0.2, -0.15) is 0 Å². The van der Waals surface area contributed by atoms with Crippen LogP contribution in [0.5, 0.6) is 0 Å². The number of oxazole rings is 1. The van der Waals surface area contributed by atoms with Gasteiger partial charge < -0.3 is 14.5 Å². The van der Waals surface area contributed by atoms with Crippen LogP contribution in [0.15, 0.2) is 34.9 Å². The second-order valence-electron chi connectivity index (χ2n) is 3.79. The van der Waals surface area contributed by atoms with Crippen molar-refractivity contribution in [2.75, 3.05) is 20.3 Å². The number of hydrogen-bond acceptors (Lipinski definition) is 4. The summed E-state index contributed by atoms with van der Waals surface area (Å²) in [7, 11) is 1.65. The summed E-state index contributed by atoms with van der Waals surface area (Å²) in [6.45, 7) is 1.94. The van der Waals surface area contributed by atoms with Crippen LogP contribution in [0.3, 0.4) is 0 Å². The molecule has 1 N–H and O–H groups in total. The van der Waals surface area contributed by atoms with Crippen LogP contribution in [0.1, 0.15) is 5.69 Å². The topological polar surface area (TPSA) is 47.3 Å². The van der Waals surface area contributed by atoms with Gasteiger partial charge in [0.1, 0.15) is 12.1 Å². The van der Waals surface area contributed by atoms with Crippen molar-refractivity contribution in [2.45, 2.75) is 6.54 Å². The van der Waals surface area contributed by atoms with Gasteiger partial charge in [0.25, 0.3) is 0 Å². The molecular formula is C13H15FN2O2. The smallest absolute Gasteiger partial charge is 0.229 e. The molecule has 0 aliphatic rings. The molecule has 0 bridgehead atoms. The number of benzene rings is 1. The number of aromatic nitrogens is 1. The maximum atomic E-state index is 13.5. The minimum absolute atomic E-state index is 0.302. The Morgan fingerprint density at radius 3 is 3.00 bits per heavy atom. The lowest BCUT2D eigenvalue weighted by Crippen LogP contribution is -2.18. The van der Waals surface area contributed by atoms with E-state index in [9.17, 15) is 4.39 Å². The van der Waals surface area contributed by atoms with Crippen molar-refractivity contribution in [3.63, 3.8) is 0 Å². The van der Waals surface area contributed by atoms with Crippen molar-refractivity contribution in [1.82, 2.24) is 10.3 Å². The zero-order valence-corrected chi connectivity index (χ0v) is 10.1. The Hall–Kier alpha value is -1.72. The minimum Gasteiger partial charge on any atom is -0.444 e. The van der Waals surface area contributed by atoms with Crippen molar-refractivity contribution in [1.29, 1.82) is 0 Å². The van der Waals surface area contributed by atoms with E-state index in [1.165, 1.54) is 12.3 Å². The molecule has 0 unspecified atom stereocenters. The SMILES string of the molecule is COCCNCc1coc(-c2ccccc2F)n1. The van der Waals surface area contributed by atoms with Gasteiger partial charge >= 0.3 is 0 Å². The van der Waals surface area contributed by atoms with Crippen molar-refractivity contribution in [3.8, 4) is 11.5 Å². The summed E-state index contributed by atoms with van der Waals surface area (Å²) < 4.78 is 23.7. The predicted octanol–water partition coefficient (Wildman–Crippen LogP) is 2.22. The molecule has 0 aliphatic heterocycles. The van der Waals surface area contributed by atoms with E-state index in [1.54, 1.807) is 25.3 Å². The number of rotatable bonds is 6. The van der Waals surface area contributed by atoms with E-state index in [0.29, 0.717) is 24.6 Å². The van der Waals surface area contributed by atoms with Gasteiger partial charge in [0.05, 0.1) is 17.9 Å². The van der Waals surface area contributed by atoms with E-state index in [1.807, 2.05) is 0 Å². The van der Waals surface area contributed by atoms with E-state index < -0.39 is 0 Å². The summed E-state index contributed by atoms with van der Waals surface area (Å²) in [4.78, 5) is 4.23. The van der Waals surface area contributed by atoms with Crippen LogP contribution >= 0.6 is 0 Å². The lowest BCUT2D eigenvalue weighted by molar-refractivity contribution is 0.199. The molecule has 0 spiro atoms. The van der Waals surface area contributed by atoms with Gasteiger partial charge in [0, 0.05) is 20.2 Å². The molecule has 2 aromatic rings. The number of halogens is 1. The molecule has 0 atom stereocenters. The highest BCUT2D eigenvalue weighted by molar-refractivity contribution is 5.53. The molecule has 1 heterocycles. The number of nitrogens with one attached hydrogen (secondary N) is 1. The van der Waals surface area contributed by atoms with Gasteiger partial charge in [0.15, 0.2) is 0 Å². The lowest BCUT2D eigenvalue weighted by Gasteiger charge is -1.99. The molecule has 4 nitrogen and oxygen atoms in total. The van der Waals surface area contributed by atoms with Crippen molar-refractivity contribution >= 4 is 0 Å². The monoisotopic (exact) mass is 250 g/mol. The molecule has 0 radical (unpaired) electrons. The Labute approximate surface area is 105 Å². The number of methoxy groups -OCH3 is 1. The largest absolute Gasteiger partial charge is 0.444 e. The standard InChI is InChI=1S/C13H15FN2O2/c1-17-7-6-15-8-10-9-18-13(16-10)11-4-2-3-5-12(11)14/h2-5,9,15H,6-8H2,1H3. The molecule has 18 heavy (non-hydrogen) atoms. The van der Waals surface area contributed by atoms with Gasteiger partial charge in [0.2, 0.25) is 5.89 Å². The Morgan fingerprint density at radius 1 is 1.39 bits per heavy atom. The van der Waals surface area contributed by atoms with Crippen LogP contribution in [-0.4, -0.2) is 25.2 Å². The van der Waals surface area contributed by atoms with E-state index in [-0.39, 0.29) is 5.82 Å². The van der Waals surface area contributed by atoms with Gasteiger partial charge in [-0.1, -0.05) is 12.1 Å². The number of hydrogen-bond donors (Lipinski definition) is 1. The van der Waals surface area contributed by atoms with Gasteiger partial charge in [-0.25, -0.2) is 9.37 Å². The molecule has 1 aromatic heterocycles. The fourth-order valence-corrected chi connectivity index (χ4v) is 1.54. The normalized spacial score (nSPS) is 10.8. The minimum atomic E-state index is -0.335. The summed E-state index contributed by atoms with van der Waals surface area (Å²) in [5.74, 6) is -0.0325. The highest BCUT2D eigenvalue weighted by Crippen LogP contribution is 2.21. The third-order valence-corrected chi connectivity index (χ3v) is 2.45. The van der Waals surface area contributed by atoms with Crippen LogP contribution in [0.2, 0.25) is 0 Å². The Morgan fingerprint density at radius 2 is 2.22 bits per heavy atom. The van der Waals surface area contributed by atoms with Crippen LogP contribution in [0, 0.1) is 5.82 Å². The summed E-state index contributed by atoms with van der Waals surface area (Å²) in [6.07, 6.45) is 1.53. The summed E-state index contributed by atoms with van der Waals surface area (Å²) in [6, 6.07) is 6.41. The van der Waals surface area contributed by atoms with Crippen molar-refractivity contribution in [3.05, 3.63) is 42.0 Å². The molecule has 5 heteroatoms. The van der Waals surface area contributed by atoms with Crippen LogP contribution in [0.4, 0.5) is 4.39 Å². The van der Waals surface area contributed by atoms with Crippen molar-refractivity contribution < 1.29 is 13.5 Å². The molecule has 0 fully saturated rings.